The highest BCUT2D eigenvalue weighted by molar-refractivity contribution is 5.80. The van der Waals surface area contributed by atoms with Crippen molar-refractivity contribution < 1.29 is 20.1 Å². The van der Waals surface area contributed by atoms with Gasteiger partial charge in [-0.05, 0) is 31.0 Å². The van der Waals surface area contributed by atoms with Gasteiger partial charge >= 0.3 is 0 Å². The molecule has 118 valence electrons. The van der Waals surface area contributed by atoms with E-state index in [4.69, 9.17) is 9.84 Å². The Balaban J connectivity index is 2.13. The van der Waals surface area contributed by atoms with Crippen LogP contribution in [0.25, 0.3) is 11.0 Å². The molecule has 0 aliphatic carbocycles. The van der Waals surface area contributed by atoms with E-state index in [1.807, 2.05) is 13.8 Å². The average molecular weight is 306 g/mol. The lowest BCUT2D eigenvalue weighted by Gasteiger charge is -2.15. The van der Waals surface area contributed by atoms with Gasteiger partial charge in [0.15, 0.2) is 0 Å². The van der Waals surface area contributed by atoms with E-state index in [0.717, 1.165) is 16.5 Å². The summed E-state index contributed by atoms with van der Waals surface area (Å²) >= 11 is 0. The van der Waals surface area contributed by atoms with E-state index in [2.05, 4.69) is 9.97 Å². The zero-order chi connectivity index (χ0) is 16.0. The topological polar surface area (TPSA) is 116 Å². The summed E-state index contributed by atoms with van der Waals surface area (Å²) in [6, 6.07) is 1.63. The SMILES string of the molecule is Cc1cnc2[nH]c(=O)c([C@@H]3O[C@H](CO)C(O)[C@@H]3O)cc2c1C. The maximum absolute atomic E-state index is 12.2. The third-order valence-corrected chi connectivity index (χ3v) is 4.28. The Morgan fingerprint density at radius 1 is 1.32 bits per heavy atom. The maximum atomic E-state index is 12.2. The first-order valence-electron chi connectivity index (χ1n) is 7.05. The normalized spacial score (nSPS) is 28.4. The number of aliphatic hydroxyl groups excluding tert-OH is 3. The second-order valence-electron chi connectivity index (χ2n) is 5.64. The van der Waals surface area contributed by atoms with Gasteiger partial charge in [-0.15, -0.1) is 0 Å². The van der Waals surface area contributed by atoms with Crippen molar-refractivity contribution in [3.63, 3.8) is 0 Å². The van der Waals surface area contributed by atoms with E-state index in [0.29, 0.717) is 5.65 Å². The van der Waals surface area contributed by atoms with E-state index in [1.165, 1.54) is 0 Å². The summed E-state index contributed by atoms with van der Waals surface area (Å²) in [5.41, 5.74) is 2.19. The second-order valence-corrected chi connectivity index (χ2v) is 5.64. The highest BCUT2D eigenvalue weighted by atomic mass is 16.6. The molecule has 1 aliphatic heterocycles. The molecular formula is C15H18N2O5. The molecule has 0 spiro atoms. The number of H-pyrrole nitrogens is 1. The second kappa shape index (κ2) is 5.44. The van der Waals surface area contributed by atoms with Crippen LogP contribution in [0, 0.1) is 13.8 Å². The molecular weight excluding hydrogens is 288 g/mol. The molecule has 1 unspecified atom stereocenters. The van der Waals surface area contributed by atoms with Crippen molar-refractivity contribution in [2.75, 3.05) is 6.61 Å². The summed E-state index contributed by atoms with van der Waals surface area (Å²) in [6.45, 7) is 3.40. The van der Waals surface area contributed by atoms with Crippen molar-refractivity contribution in [1.82, 2.24) is 9.97 Å². The number of ether oxygens (including phenoxy) is 1. The Labute approximate surface area is 126 Å². The van der Waals surface area contributed by atoms with E-state index < -0.39 is 36.6 Å². The zero-order valence-corrected chi connectivity index (χ0v) is 12.3. The number of aliphatic hydroxyl groups is 3. The first kappa shape index (κ1) is 15.1. The summed E-state index contributed by atoms with van der Waals surface area (Å²) in [5, 5.41) is 29.8. The fraction of sp³-hybridized carbons (Fsp3) is 0.467. The Morgan fingerprint density at radius 2 is 2.05 bits per heavy atom. The highest BCUT2D eigenvalue weighted by Crippen LogP contribution is 2.33. The molecule has 22 heavy (non-hydrogen) atoms. The monoisotopic (exact) mass is 306 g/mol. The van der Waals surface area contributed by atoms with Gasteiger partial charge in [0.1, 0.15) is 30.1 Å². The van der Waals surface area contributed by atoms with Gasteiger partial charge in [0.2, 0.25) is 0 Å². The van der Waals surface area contributed by atoms with Crippen molar-refractivity contribution >= 4 is 11.0 Å². The van der Waals surface area contributed by atoms with Gasteiger partial charge in [0, 0.05) is 17.1 Å². The zero-order valence-electron chi connectivity index (χ0n) is 12.3. The van der Waals surface area contributed by atoms with Crippen molar-refractivity contribution in [1.29, 1.82) is 0 Å². The predicted octanol–water partition coefficient (Wildman–Crippen LogP) is -0.306. The molecule has 1 saturated heterocycles. The maximum Gasteiger partial charge on any atom is 0.255 e. The van der Waals surface area contributed by atoms with Gasteiger partial charge in [-0.3, -0.25) is 4.79 Å². The van der Waals surface area contributed by atoms with E-state index in [9.17, 15) is 15.0 Å². The lowest BCUT2D eigenvalue weighted by atomic mass is 10.00. The Hall–Kier alpha value is -1.80. The first-order chi connectivity index (χ1) is 10.4. The van der Waals surface area contributed by atoms with Gasteiger partial charge in [-0.1, -0.05) is 0 Å². The minimum absolute atomic E-state index is 0.213. The average Bonchev–Trinajstić information content (AvgIpc) is 2.79. The molecule has 3 rings (SSSR count). The first-order valence-corrected chi connectivity index (χ1v) is 7.05. The van der Waals surface area contributed by atoms with Crippen molar-refractivity contribution in [2.45, 2.75) is 38.3 Å². The molecule has 7 heteroatoms. The molecule has 4 N–H and O–H groups in total. The van der Waals surface area contributed by atoms with Crippen LogP contribution in [0.1, 0.15) is 22.8 Å². The quantitative estimate of drug-likeness (QED) is 0.605. The molecule has 0 saturated carbocycles. The Morgan fingerprint density at radius 3 is 2.68 bits per heavy atom. The lowest BCUT2D eigenvalue weighted by molar-refractivity contribution is -0.0231. The lowest BCUT2D eigenvalue weighted by Crippen LogP contribution is -2.33. The van der Waals surface area contributed by atoms with Gasteiger partial charge < -0.3 is 25.0 Å². The van der Waals surface area contributed by atoms with Crippen molar-refractivity contribution in [3.05, 3.63) is 39.3 Å². The molecule has 0 bridgehead atoms. The number of aryl methyl sites for hydroxylation is 2. The molecule has 7 nitrogen and oxygen atoms in total. The van der Waals surface area contributed by atoms with Crippen LogP contribution >= 0.6 is 0 Å². The van der Waals surface area contributed by atoms with Crippen molar-refractivity contribution in [3.8, 4) is 0 Å². The molecule has 2 aromatic heterocycles. The number of nitrogens with zero attached hydrogens (tertiary/aromatic N) is 1. The van der Waals surface area contributed by atoms with Crippen LogP contribution in [0.5, 0.6) is 0 Å². The fourth-order valence-electron chi connectivity index (χ4n) is 2.76. The highest BCUT2D eigenvalue weighted by Gasteiger charge is 2.44. The summed E-state index contributed by atoms with van der Waals surface area (Å²) < 4.78 is 5.43. The molecule has 1 aliphatic rings. The summed E-state index contributed by atoms with van der Waals surface area (Å²) in [7, 11) is 0. The molecule has 3 heterocycles. The Bertz CT molecular complexity index is 772. The third kappa shape index (κ3) is 2.22. The van der Waals surface area contributed by atoms with Crippen LogP contribution in [-0.4, -0.2) is 50.2 Å². The molecule has 0 radical (unpaired) electrons. The van der Waals surface area contributed by atoms with Gasteiger partial charge in [0.05, 0.1) is 6.61 Å². The largest absolute Gasteiger partial charge is 0.394 e. The predicted molar refractivity (Wildman–Crippen MR) is 78.6 cm³/mol. The van der Waals surface area contributed by atoms with Gasteiger partial charge in [-0.2, -0.15) is 0 Å². The van der Waals surface area contributed by atoms with Crippen LogP contribution in [0.4, 0.5) is 0 Å². The van der Waals surface area contributed by atoms with Gasteiger partial charge in [0.25, 0.3) is 5.56 Å². The number of nitrogens with one attached hydrogen (secondary N) is 1. The number of aromatic amines is 1. The van der Waals surface area contributed by atoms with E-state index >= 15 is 0 Å². The number of hydrogen-bond donors (Lipinski definition) is 4. The Kier molecular flexibility index (Phi) is 3.73. The van der Waals surface area contributed by atoms with Crippen molar-refractivity contribution in [2.24, 2.45) is 0 Å². The van der Waals surface area contributed by atoms with Gasteiger partial charge in [-0.25, -0.2) is 4.98 Å². The molecule has 0 amide bonds. The van der Waals surface area contributed by atoms with Crippen LogP contribution in [-0.2, 0) is 4.74 Å². The number of pyridine rings is 2. The van der Waals surface area contributed by atoms with Crippen LogP contribution in [0.15, 0.2) is 17.1 Å². The standard InChI is InChI=1S/C15H18N2O5/c1-6-4-16-14-8(7(6)2)3-9(15(21)17-14)13-12(20)11(19)10(5-18)22-13/h3-4,10-13,18-20H,5H2,1-2H3,(H,16,17,21)/t10-,11?,12+,13+/m1/s1. The van der Waals surface area contributed by atoms with Crippen LogP contribution in [0.3, 0.4) is 0 Å². The number of aromatic nitrogens is 2. The molecule has 4 atom stereocenters. The molecule has 2 aromatic rings. The minimum atomic E-state index is -1.27. The number of rotatable bonds is 2. The fourth-order valence-corrected chi connectivity index (χ4v) is 2.76. The number of fused-ring (bicyclic) bond motifs is 1. The van der Waals surface area contributed by atoms with E-state index in [-0.39, 0.29) is 5.56 Å². The summed E-state index contributed by atoms with van der Waals surface area (Å²) in [4.78, 5) is 19.1. The summed E-state index contributed by atoms with van der Waals surface area (Å²) in [5.74, 6) is 0. The van der Waals surface area contributed by atoms with Crippen LogP contribution in [0.2, 0.25) is 0 Å². The minimum Gasteiger partial charge on any atom is -0.394 e. The van der Waals surface area contributed by atoms with E-state index in [1.54, 1.807) is 12.3 Å². The number of hydrogen-bond acceptors (Lipinski definition) is 6. The smallest absolute Gasteiger partial charge is 0.255 e. The molecule has 1 fully saturated rings. The molecule has 0 aromatic carbocycles. The third-order valence-electron chi connectivity index (χ3n) is 4.28. The van der Waals surface area contributed by atoms with Crippen LogP contribution < -0.4 is 5.56 Å². The summed E-state index contributed by atoms with van der Waals surface area (Å²) in [6.07, 6.45) is -2.72.